The van der Waals surface area contributed by atoms with Crippen LogP contribution in [0.25, 0.3) is 0 Å². The number of amides is 2. The molecule has 1 rings (SSSR count). The van der Waals surface area contributed by atoms with Gasteiger partial charge in [-0.3, -0.25) is 0 Å². The molecular formula is C11H21N2O-. The van der Waals surface area contributed by atoms with Crippen LogP contribution in [0.15, 0.2) is 0 Å². The second-order valence-electron chi connectivity index (χ2n) is 5.57. The van der Waals surface area contributed by atoms with Crippen molar-refractivity contribution in [3.05, 3.63) is 6.42 Å². The van der Waals surface area contributed by atoms with E-state index in [0.29, 0.717) is 12.0 Å². The molecule has 2 amide bonds. The Hall–Kier alpha value is -0.730. The number of rotatable bonds is 2. The van der Waals surface area contributed by atoms with E-state index in [1.165, 1.54) is 6.42 Å². The summed E-state index contributed by atoms with van der Waals surface area (Å²) in [4.78, 5) is 10.6. The second kappa shape index (κ2) is 3.79. The molecule has 14 heavy (non-hydrogen) atoms. The van der Waals surface area contributed by atoms with Crippen LogP contribution in [-0.4, -0.2) is 12.6 Å². The molecule has 82 valence electrons. The molecule has 1 aliphatic rings. The number of nitrogens with two attached hydrogens (primary N) is 1. The number of hydrogen-bond acceptors (Lipinski definition) is 1. The number of primary amides is 1. The highest BCUT2D eigenvalue weighted by Crippen LogP contribution is 2.44. The Bertz CT molecular complexity index is 225. The lowest BCUT2D eigenvalue weighted by Crippen LogP contribution is -2.42. The molecule has 0 saturated heterocycles. The summed E-state index contributed by atoms with van der Waals surface area (Å²) in [5.41, 5.74) is 5.61. The second-order valence-corrected chi connectivity index (χ2v) is 5.57. The molecule has 0 spiro atoms. The Kier molecular flexibility index (Phi) is 3.07. The maximum atomic E-state index is 10.6. The van der Waals surface area contributed by atoms with Crippen LogP contribution in [0.1, 0.15) is 40.0 Å². The molecule has 0 heterocycles. The molecule has 1 saturated carbocycles. The molecule has 1 fully saturated rings. The van der Waals surface area contributed by atoms with Gasteiger partial charge in [-0.2, -0.15) is 12.8 Å². The van der Waals surface area contributed by atoms with Crippen LogP contribution in [0.5, 0.6) is 0 Å². The molecule has 1 atom stereocenters. The number of urea groups is 1. The minimum Gasteiger partial charge on any atom is -0.352 e. The molecule has 1 aliphatic carbocycles. The summed E-state index contributed by atoms with van der Waals surface area (Å²) in [6, 6.07) is -0.422. The Balaban J connectivity index is 2.51. The molecule has 0 aliphatic heterocycles. The van der Waals surface area contributed by atoms with Gasteiger partial charge in [0.15, 0.2) is 0 Å². The van der Waals surface area contributed by atoms with E-state index in [0.717, 1.165) is 12.8 Å². The van der Waals surface area contributed by atoms with Gasteiger partial charge >= 0.3 is 6.03 Å². The standard InChI is InChI=1S/C11H21N2O/c1-10(2)5-4-6-11(3,7-10)8-13-9(12)14/h4H,5-8H2,1-3H3,(H3,12,13,14)/q-1. The van der Waals surface area contributed by atoms with Crippen LogP contribution < -0.4 is 11.1 Å². The van der Waals surface area contributed by atoms with E-state index in [1.54, 1.807) is 0 Å². The Morgan fingerprint density at radius 3 is 2.57 bits per heavy atom. The summed E-state index contributed by atoms with van der Waals surface area (Å²) in [5, 5.41) is 2.71. The molecule has 3 heteroatoms. The highest BCUT2D eigenvalue weighted by Gasteiger charge is 2.31. The van der Waals surface area contributed by atoms with Crippen molar-refractivity contribution in [3.8, 4) is 0 Å². The van der Waals surface area contributed by atoms with Gasteiger partial charge in [-0.1, -0.05) is 26.2 Å². The number of nitrogens with one attached hydrogen (secondary N) is 1. The molecule has 0 radical (unpaired) electrons. The van der Waals surface area contributed by atoms with Crippen molar-refractivity contribution >= 4 is 6.03 Å². The van der Waals surface area contributed by atoms with Crippen molar-refractivity contribution < 1.29 is 4.79 Å². The molecule has 0 aromatic carbocycles. The van der Waals surface area contributed by atoms with Crippen LogP contribution in [0.2, 0.25) is 0 Å². The number of carbonyl (C=O) groups is 1. The van der Waals surface area contributed by atoms with Gasteiger partial charge in [-0.25, -0.2) is 4.79 Å². The average Bonchev–Trinajstić information content (AvgIpc) is 1.98. The highest BCUT2D eigenvalue weighted by atomic mass is 16.2. The summed E-state index contributed by atoms with van der Waals surface area (Å²) in [6.45, 7) is 7.43. The molecule has 3 nitrogen and oxygen atoms in total. The lowest BCUT2D eigenvalue weighted by molar-refractivity contribution is 0.132. The summed E-state index contributed by atoms with van der Waals surface area (Å²) in [7, 11) is 0. The van der Waals surface area contributed by atoms with Crippen molar-refractivity contribution in [2.45, 2.75) is 40.0 Å². The van der Waals surface area contributed by atoms with E-state index >= 15 is 0 Å². The van der Waals surface area contributed by atoms with E-state index < -0.39 is 6.03 Å². The van der Waals surface area contributed by atoms with Gasteiger partial charge in [-0.05, 0) is 11.8 Å². The molecule has 0 aromatic rings. The first-order valence-corrected chi connectivity index (χ1v) is 5.18. The predicted octanol–water partition coefficient (Wildman–Crippen LogP) is 2.08. The Morgan fingerprint density at radius 2 is 2.07 bits per heavy atom. The first-order valence-electron chi connectivity index (χ1n) is 5.18. The van der Waals surface area contributed by atoms with Crippen LogP contribution in [0.4, 0.5) is 4.79 Å². The largest absolute Gasteiger partial charge is 0.352 e. The zero-order valence-electron chi connectivity index (χ0n) is 9.39. The van der Waals surface area contributed by atoms with Gasteiger partial charge in [0.2, 0.25) is 0 Å². The zero-order chi connectivity index (χ0) is 10.8. The van der Waals surface area contributed by atoms with Gasteiger partial charge in [0, 0.05) is 6.54 Å². The predicted molar refractivity (Wildman–Crippen MR) is 57.6 cm³/mol. The van der Waals surface area contributed by atoms with Crippen LogP contribution in [0.3, 0.4) is 0 Å². The highest BCUT2D eigenvalue weighted by molar-refractivity contribution is 5.71. The Morgan fingerprint density at radius 1 is 1.43 bits per heavy atom. The first-order chi connectivity index (χ1) is 6.33. The molecule has 3 N–H and O–H groups in total. The van der Waals surface area contributed by atoms with Crippen LogP contribution in [0, 0.1) is 17.3 Å². The van der Waals surface area contributed by atoms with Crippen LogP contribution in [-0.2, 0) is 0 Å². The molecule has 0 aromatic heterocycles. The van der Waals surface area contributed by atoms with E-state index in [-0.39, 0.29) is 5.41 Å². The van der Waals surface area contributed by atoms with Gasteiger partial charge in [0.25, 0.3) is 0 Å². The van der Waals surface area contributed by atoms with E-state index in [2.05, 4.69) is 32.5 Å². The minimum absolute atomic E-state index is 0.177. The third-order valence-corrected chi connectivity index (χ3v) is 2.93. The summed E-state index contributed by atoms with van der Waals surface area (Å²) in [6.07, 6.45) is 5.69. The summed E-state index contributed by atoms with van der Waals surface area (Å²) >= 11 is 0. The smallest absolute Gasteiger partial charge is 0.312 e. The van der Waals surface area contributed by atoms with E-state index in [1.807, 2.05) is 0 Å². The number of hydrogen-bond donors (Lipinski definition) is 2. The maximum Gasteiger partial charge on any atom is 0.312 e. The topological polar surface area (TPSA) is 55.1 Å². The van der Waals surface area contributed by atoms with Crippen molar-refractivity contribution in [2.75, 3.05) is 6.54 Å². The lowest BCUT2D eigenvalue weighted by atomic mass is 9.64. The minimum atomic E-state index is -0.422. The fraction of sp³-hybridized carbons (Fsp3) is 0.818. The maximum absolute atomic E-state index is 10.6. The molecule has 0 bridgehead atoms. The fourth-order valence-corrected chi connectivity index (χ4v) is 2.55. The monoisotopic (exact) mass is 197 g/mol. The van der Waals surface area contributed by atoms with E-state index in [9.17, 15) is 4.79 Å². The van der Waals surface area contributed by atoms with Crippen molar-refractivity contribution in [3.63, 3.8) is 0 Å². The van der Waals surface area contributed by atoms with Gasteiger partial charge < -0.3 is 17.5 Å². The first kappa shape index (κ1) is 11.3. The fourth-order valence-electron chi connectivity index (χ4n) is 2.55. The summed E-state index contributed by atoms with van der Waals surface area (Å²) < 4.78 is 0. The lowest BCUT2D eigenvalue weighted by Gasteiger charge is -2.48. The SMILES string of the molecule is CC1(C)C[CH-]CC(C)(CNC(N)=O)C1. The zero-order valence-corrected chi connectivity index (χ0v) is 9.39. The molecule has 1 unspecified atom stereocenters. The van der Waals surface area contributed by atoms with Crippen LogP contribution >= 0.6 is 0 Å². The normalized spacial score (nSPS) is 31.1. The van der Waals surface area contributed by atoms with Crippen molar-refractivity contribution in [1.82, 2.24) is 5.32 Å². The number of carbonyl (C=O) groups excluding carboxylic acids is 1. The Labute approximate surface area is 86.4 Å². The van der Waals surface area contributed by atoms with E-state index in [4.69, 9.17) is 5.73 Å². The van der Waals surface area contributed by atoms with Crippen molar-refractivity contribution in [1.29, 1.82) is 0 Å². The third-order valence-electron chi connectivity index (χ3n) is 2.93. The quantitative estimate of drug-likeness (QED) is 0.654. The van der Waals surface area contributed by atoms with Gasteiger partial charge in [-0.15, -0.1) is 0 Å². The summed E-state index contributed by atoms with van der Waals surface area (Å²) in [5.74, 6) is 0. The van der Waals surface area contributed by atoms with Crippen molar-refractivity contribution in [2.24, 2.45) is 16.6 Å². The van der Waals surface area contributed by atoms with Gasteiger partial charge in [0.1, 0.15) is 0 Å². The van der Waals surface area contributed by atoms with Gasteiger partial charge in [0.05, 0.1) is 0 Å². The third kappa shape index (κ3) is 3.20. The molecular weight excluding hydrogens is 176 g/mol. The average molecular weight is 197 g/mol.